The van der Waals surface area contributed by atoms with Crippen LogP contribution >= 0.6 is 11.6 Å². The molecule has 0 unspecified atom stereocenters. The van der Waals surface area contributed by atoms with Crippen LogP contribution in [0.5, 0.6) is 0 Å². The van der Waals surface area contributed by atoms with Gasteiger partial charge in [0.25, 0.3) is 0 Å². The van der Waals surface area contributed by atoms with Gasteiger partial charge in [-0.2, -0.15) is 0 Å². The quantitative estimate of drug-likeness (QED) is 0.364. The summed E-state index contributed by atoms with van der Waals surface area (Å²) in [4.78, 5) is 8.41. The molecule has 1 fully saturated rings. The van der Waals surface area contributed by atoms with Crippen LogP contribution in [0.25, 0.3) is 0 Å². The van der Waals surface area contributed by atoms with E-state index in [1.165, 1.54) is 12.4 Å². The SMILES string of the molecule is COCC(COC)n1c(CS(=O)(=O)[C@@H](C)[C@@H](OC(C)C)c2ncc(Cl)cn2)nnc1[C@@H]1COCCO1. The molecular formula is C22H34ClN5O7S. The zero-order chi connectivity index (χ0) is 26.3. The van der Waals surface area contributed by atoms with E-state index in [0.29, 0.717) is 24.1 Å². The number of rotatable bonds is 13. The molecule has 0 aromatic carbocycles. The van der Waals surface area contributed by atoms with Crippen molar-refractivity contribution in [2.24, 2.45) is 0 Å². The summed E-state index contributed by atoms with van der Waals surface area (Å²) in [6.07, 6.45) is 1.16. The number of methoxy groups -OCH3 is 2. The molecule has 0 N–H and O–H groups in total. The zero-order valence-electron chi connectivity index (χ0n) is 21.2. The van der Waals surface area contributed by atoms with Crippen LogP contribution in [0.1, 0.15) is 56.5 Å². The van der Waals surface area contributed by atoms with Crippen molar-refractivity contribution in [1.29, 1.82) is 0 Å². The van der Waals surface area contributed by atoms with Gasteiger partial charge in [0.2, 0.25) is 0 Å². The molecule has 36 heavy (non-hydrogen) atoms. The first kappa shape index (κ1) is 28.8. The summed E-state index contributed by atoms with van der Waals surface area (Å²) in [5.74, 6) is 0.536. The lowest BCUT2D eigenvalue weighted by Gasteiger charge is -2.27. The number of aromatic nitrogens is 5. The van der Waals surface area contributed by atoms with E-state index < -0.39 is 33.0 Å². The molecule has 1 aliphatic rings. The van der Waals surface area contributed by atoms with Crippen molar-refractivity contribution in [3.05, 3.63) is 34.9 Å². The molecular weight excluding hydrogens is 514 g/mol. The second-order valence-electron chi connectivity index (χ2n) is 8.72. The van der Waals surface area contributed by atoms with E-state index in [-0.39, 0.29) is 43.6 Å². The fourth-order valence-electron chi connectivity index (χ4n) is 3.92. The Balaban J connectivity index is 1.97. The van der Waals surface area contributed by atoms with E-state index in [4.69, 9.17) is 35.3 Å². The molecule has 14 heteroatoms. The normalized spacial score (nSPS) is 18.6. The average molecular weight is 548 g/mol. The molecule has 0 bridgehead atoms. The largest absolute Gasteiger partial charge is 0.382 e. The Bertz CT molecular complexity index is 1060. The summed E-state index contributed by atoms with van der Waals surface area (Å²) in [6, 6.07) is -0.377. The molecule has 0 saturated carbocycles. The predicted molar refractivity (Wildman–Crippen MR) is 130 cm³/mol. The molecule has 3 rings (SSSR count). The smallest absolute Gasteiger partial charge is 0.165 e. The van der Waals surface area contributed by atoms with Crippen molar-refractivity contribution in [3.8, 4) is 0 Å². The number of halogens is 1. The Hall–Kier alpha value is -1.74. The average Bonchev–Trinajstić information content (AvgIpc) is 3.25. The summed E-state index contributed by atoms with van der Waals surface area (Å²) in [5, 5.41) is 7.89. The molecule has 1 saturated heterocycles. The summed E-state index contributed by atoms with van der Waals surface area (Å²) in [7, 11) is -0.713. The van der Waals surface area contributed by atoms with Crippen LogP contribution in [0.15, 0.2) is 12.4 Å². The van der Waals surface area contributed by atoms with Crippen LogP contribution in [0, 0.1) is 0 Å². The Kier molecular flexibility index (Phi) is 10.5. The molecule has 3 heterocycles. The highest BCUT2D eigenvalue weighted by Crippen LogP contribution is 2.30. The summed E-state index contributed by atoms with van der Waals surface area (Å²) < 4.78 is 57.2. The summed E-state index contributed by atoms with van der Waals surface area (Å²) in [6.45, 7) is 6.88. The van der Waals surface area contributed by atoms with Crippen molar-refractivity contribution in [3.63, 3.8) is 0 Å². The molecule has 202 valence electrons. The van der Waals surface area contributed by atoms with Gasteiger partial charge in [0.1, 0.15) is 23.8 Å². The minimum Gasteiger partial charge on any atom is -0.382 e. The number of nitrogens with zero attached hydrogens (tertiary/aromatic N) is 5. The molecule has 12 nitrogen and oxygen atoms in total. The van der Waals surface area contributed by atoms with E-state index in [0.717, 1.165) is 0 Å². The van der Waals surface area contributed by atoms with Crippen molar-refractivity contribution in [1.82, 2.24) is 24.7 Å². The number of hydrogen-bond donors (Lipinski definition) is 0. The van der Waals surface area contributed by atoms with Gasteiger partial charge in [0.15, 0.2) is 21.5 Å². The first-order valence-corrected chi connectivity index (χ1v) is 13.7. The lowest BCUT2D eigenvalue weighted by Crippen LogP contribution is -2.33. The zero-order valence-corrected chi connectivity index (χ0v) is 22.7. The topological polar surface area (TPSA) is 137 Å². The van der Waals surface area contributed by atoms with Crippen LogP contribution in [0.2, 0.25) is 5.02 Å². The van der Waals surface area contributed by atoms with E-state index in [1.54, 1.807) is 25.7 Å². The van der Waals surface area contributed by atoms with Crippen molar-refractivity contribution in [2.45, 2.75) is 56.1 Å². The van der Waals surface area contributed by atoms with Crippen LogP contribution in [0.3, 0.4) is 0 Å². The highest BCUT2D eigenvalue weighted by molar-refractivity contribution is 7.91. The maximum Gasteiger partial charge on any atom is 0.165 e. The van der Waals surface area contributed by atoms with Gasteiger partial charge < -0.3 is 28.3 Å². The Morgan fingerprint density at radius 3 is 2.33 bits per heavy atom. The maximum absolute atomic E-state index is 13.7. The fourth-order valence-corrected chi connectivity index (χ4v) is 5.40. The predicted octanol–water partition coefficient (Wildman–Crippen LogP) is 2.11. The van der Waals surface area contributed by atoms with Crippen LogP contribution in [-0.2, 0) is 39.3 Å². The standard InChI is InChI=1S/C22H34ClN5O7S/c1-14(2)35-20(21-24-8-16(23)9-25-21)15(3)36(29,30)13-19-26-27-22(18-12-33-6-7-34-18)28(19)17(10-31-4)11-32-5/h8-9,14-15,17-18,20H,6-7,10-13H2,1-5H3/t15-,18-,20+/m0/s1. The Labute approximate surface area is 216 Å². The monoisotopic (exact) mass is 547 g/mol. The van der Waals surface area contributed by atoms with Crippen LogP contribution in [-0.4, -0.2) is 91.8 Å². The third kappa shape index (κ3) is 7.18. The Morgan fingerprint density at radius 1 is 1.11 bits per heavy atom. The van der Waals surface area contributed by atoms with Gasteiger partial charge >= 0.3 is 0 Å². The third-order valence-corrected chi connectivity index (χ3v) is 7.85. The van der Waals surface area contributed by atoms with Crippen LogP contribution < -0.4 is 0 Å². The third-order valence-electron chi connectivity index (χ3n) is 5.62. The van der Waals surface area contributed by atoms with Gasteiger partial charge in [0, 0.05) is 26.6 Å². The van der Waals surface area contributed by atoms with Gasteiger partial charge in [-0.3, -0.25) is 0 Å². The van der Waals surface area contributed by atoms with E-state index in [9.17, 15) is 8.42 Å². The molecule has 2 aromatic heterocycles. The molecule has 0 aliphatic carbocycles. The van der Waals surface area contributed by atoms with Crippen molar-refractivity contribution >= 4 is 21.4 Å². The Morgan fingerprint density at radius 2 is 1.78 bits per heavy atom. The van der Waals surface area contributed by atoms with E-state index >= 15 is 0 Å². The van der Waals surface area contributed by atoms with Gasteiger partial charge in [0.05, 0.1) is 55.5 Å². The van der Waals surface area contributed by atoms with Gasteiger partial charge in [-0.25, -0.2) is 18.4 Å². The number of sulfone groups is 1. The minimum atomic E-state index is -3.83. The lowest BCUT2D eigenvalue weighted by atomic mass is 10.2. The van der Waals surface area contributed by atoms with Gasteiger partial charge in [-0.1, -0.05) is 11.6 Å². The molecule has 3 atom stereocenters. The van der Waals surface area contributed by atoms with Crippen molar-refractivity contribution in [2.75, 3.05) is 47.3 Å². The molecule has 2 aromatic rings. The highest BCUT2D eigenvalue weighted by atomic mass is 35.5. The number of hydrogen-bond acceptors (Lipinski definition) is 11. The number of ether oxygens (including phenoxy) is 5. The van der Waals surface area contributed by atoms with E-state index in [2.05, 4.69) is 20.2 Å². The second kappa shape index (κ2) is 13.2. The maximum atomic E-state index is 13.7. The molecule has 1 aliphatic heterocycles. The summed E-state index contributed by atoms with van der Waals surface area (Å²) in [5.41, 5.74) is 0. The van der Waals surface area contributed by atoms with Gasteiger partial charge in [-0.05, 0) is 20.8 Å². The molecule has 0 spiro atoms. The lowest BCUT2D eigenvalue weighted by molar-refractivity contribution is -0.0958. The minimum absolute atomic E-state index is 0.232. The first-order chi connectivity index (χ1) is 17.2. The highest BCUT2D eigenvalue weighted by Gasteiger charge is 2.37. The van der Waals surface area contributed by atoms with Crippen LogP contribution in [0.4, 0.5) is 0 Å². The van der Waals surface area contributed by atoms with E-state index in [1.807, 2.05) is 13.8 Å². The summed E-state index contributed by atoms with van der Waals surface area (Å²) >= 11 is 5.92. The molecule has 0 radical (unpaired) electrons. The molecule has 0 amide bonds. The first-order valence-electron chi connectivity index (χ1n) is 11.6. The van der Waals surface area contributed by atoms with Crippen molar-refractivity contribution < 1.29 is 32.1 Å². The fraction of sp³-hybridized carbons (Fsp3) is 0.727. The van der Waals surface area contributed by atoms with Gasteiger partial charge in [-0.15, -0.1) is 10.2 Å². The second-order valence-corrected chi connectivity index (χ2v) is 11.5.